The van der Waals surface area contributed by atoms with Gasteiger partial charge in [0.1, 0.15) is 36.3 Å². The van der Waals surface area contributed by atoms with Crippen LogP contribution in [0.1, 0.15) is 75.1 Å². The molecule has 2 aromatic rings. The Morgan fingerprint density at radius 1 is 0.756 bits per heavy atom. The van der Waals surface area contributed by atoms with Crippen LogP contribution in [0.2, 0.25) is 0 Å². The van der Waals surface area contributed by atoms with Crippen molar-refractivity contribution in [1.29, 1.82) is 0 Å². The lowest BCUT2D eigenvalue weighted by molar-refractivity contribution is -0.144. The topological polar surface area (TPSA) is 66.4 Å². The first kappa shape index (κ1) is 28.2. The van der Waals surface area contributed by atoms with E-state index in [9.17, 15) is 18.3 Å². The van der Waals surface area contributed by atoms with Crippen molar-refractivity contribution < 1.29 is 32.5 Å². The molecule has 3 saturated heterocycles. The number of halogens is 3. The molecule has 7 nitrogen and oxygen atoms in total. The number of hydrogen-bond donors (Lipinski definition) is 2. The number of phenolic OH excluding ortho intramolecular Hbond substituents is 1. The Balaban J connectivity index is 1.52. The van der Waals surface area contributed by atoms with E-state index in [0.29, 0.717) is 31.3 Å². The molecule has 0 spiro atoms. The zero-order valence-corrected chi connectivity index (χ0v) is 23.1. The molecule has 2 aromatic carbocycles. The van der Waals surface area contributed by atoms with Gasteiger partial charge in [0.15, 0.2) is 0 Å². The molecule has 4 unspecified atom stereocenters. The van der Waals surface area contributed by atoms with Crippen LogP contribution in [0.15, 0.2) is 60.0 Å². The highest BCUT2D eigenvalue weighted by atomic mass is 19.4. The highest BCUT2D eigenvalue weighted by Crippen LogP contribution is 2.48. The Morgan fingerprint density at radius 2 is 1.39 bits per heavy atom. The zero-order valence-electron chi connectivity index (χ0n) is 23.1. The summed E-state index contributed by atoms with van der Waals surface area (Å²) in [6, 6.07) is 12.5. The standard InChI is InChI=1S/C31H38F3N3O4/c32-31(33,34)22-8-7-9-23(20-22)35-29-28(25-10-1-4-17-39-25)36(26-11-2-5-18-40-26)30(21-13-15-24(38)16-14-21)37(29)27-12-3-6-19-41-27/h7-9,13-16,20,25-27,30,35,38H,1-6,10-12,17-19H2. The number of nitrogens with one attached hydrogen (secondary N) is 1. The van der Waals surface area contributed by atoms with Crippen molar-refractivity contribution in [2.45, 2.75) is 88.7 Å². The highest BCUT2D eigenvalue weighted by Gasteiger charge is 2.49. The minimum atomic E-state index is -4.46. The second-order valence-corrected chi connectivity index (χ2v) is 11.2. The zero-order chi connectivity index (χ0) is 28.4. The third-order valence-corrected chi connectivity index (χ3v) is 8.37. The minimum absolute atomic E-state index is 0.166. The van der Waals surface area contributed by atoms with E-state index in [0.717, 1.165) is 81.2 Å². The fraction of sp³-hybridized carbons (Fsp3) is 0.548. The average Bonchev–Trinajstić information content (AvgIpc) is 3.33. The molecule has 0 saturated carbocycles. The van der Waals surface area contributed by atoms with Gasteiger partial charge in [-0.2, -0.15) is 13.2 Å². The van der Waals surface area contributed by atoms with Gasteiger partial charge in [0.2, 0.25) is 0 Å². The summed E-state index contributed by atoms with van der Waals surface area (Å²) in [4.78, 5) is 4.45. The van der Waals surface area contributed by atoms with Crippen molar-refractivity contribution in [1.82, 2.24) is 9.80 Å². The molecule has 4 aliphatic heterocycles. The lowest BCUT2D eigenvalue weighted by Gasteiger charge is -2.44. The second-order valence-electron chi connectivity index (χ2n) is 11.2. The van der Waals surface area contributed by atoms with Crippen LogP contribution in [0.5, 0.6) is 5.75 Å². The number of anilines is 1. The molecule has 2 N–H and O–H groups in total. The number of aromatic hydroxyl groups is 1. The van der Waals surface area contributed by atoms with E-state index in [4.69, 9.17) is 14.2 Å². The molecule has 4 aliphatic rings. The summed E-state index contributed by atoms with van der Waals surface area (Å²) in [5.41, 5.74) is 1.46. The molecule has 10 heteroatoms. The molecule has 4 heterocycles. The van der Waals surface area contributed by atoms with Crippen LogP contribution < -0.4 is 5.32 Å². The fourth-order valence-electron chi connectivity index (χ4n) is 6.42. The Labute approximate surface area is 238 Å². The molecule has 222 valence electrons. The Kier molecular flexibility index (Phi) is 8.33. The molecule has 4 atom stereocenters. The SMILES string of the molecule is Oc1ccc(C2N(C3CCCCO3)C(Nc3cccc(C(F)(F)F)c3)=C(C3CCCCO3)N2C2CCCCO2)cc1. The van der Waals surface area contributed by atoms with Gasteiger partial charge in [-0.15, -0.1) is 0 Å². The monoisotopic (exact) mass is 573 g/mol. The highest BCUT2D eigenvalue weighted by molar-refractivity contribution is 5.53. The largest absolute Gasteiger partial charge is 0.508 e. The number of phenols is 1. The van der Waals surface area contributed by atoms with Gasteiger partial charge in [0.05, 0.1) is 11.3 Å². The number of nitrogens with zero attached hydrogens (tertiary/aromatic N) is 2. The summed E-state index contributed by atoms with van der Waals surface area (Å²) in [7, 11) is 0. The van der Waals surface area contributed by atoms with Gasteiger partial charge in [-0.3, -0.25) is 0 Å². The molecular weight excluding hydrogens is 535 g/mol. The maximum Gasteiger partial charge on any atom is 0.416 e. The molecule has 3 fully saturated rings. The third kappa shape index (κ3) is 6.01. The fourth-order valence-corrected chi connectivity index (χ4v) is 6.42. The summed E-state index contributed by atoms with van der Waals surface area (Å²) in [6.45, 7) is 1.86. The smallest absolute Gasteiger partial charge is 0.416 e. The molecule has 0 bridgehead atoms. The van der Waals surface area contributed by atoms with Crippen molar-refractivity contribution in [3.05, 3.63) is 71.2 Å². The molecular formula is C31H38F3N3O4. The van der Waals surface area contributed by atoms with Crippen LogP contribution in [0, 0.1) is 0 Å². The van der Waals surface area contributed by atoms with Gasteiger partial charge in [0, 0.05) is 25.5 Å². The van der Waals surface area contributed by atoms with E-state index < -0.39 is 11.7 Å². The van der Waals surface area contributed by atoms with Gasteiger partial charge >= 0.3 is 6.18 Å². The van der Waals surface area contributed by atoms with Gasteiger partial charge in [-0.25, -0.2) is 0 Å². The van der Waals surface area contributed by atoms with Gasteiger partial charge in [-0.05, 0) is 93.7 Å². The normalized spacial score (nSPS) is 27.8. The molecule has 0 amide bonds. The number of rotatable bonds is 6. The first-order valence-corrected chi connectivity index (χ1v) is 14.8. The second kappa shape index (κ2) is 12.1. The predicted octanol–water partition coefficient (Wildman–Crippen LogP) is 6.93. The van der Waals surface area contributed by atoms with Crippen molar-refractivity contribution in [3.63, 3.8) is 0 Å². The molecule has 0 radical (unpaired) electrons. The van der Waals surface area contributed by atoms with Crippen LogP contribution in [-0.2, 0) is 20.4 Å². The summed E-state index contributed by atoms with van der Waals surface area (Å²) >= 11 is 0. The molecule has 0 aromatic heterocycles. The lowest BCUT2D eigenvalue weighted by Crippen LogP contribution is -2.47. The number of benzene rings is 2. The Hall–Kier alpha value is -2.95. The van der Waals surface area contributed by atoms with Crippen molar-refractivity contribution in [3.8, 4) is 5.75 Å². The summed E-state index contributed by atoms with van der Waals surface area (Å²) < 4.78 is 60.3. The van der Waals surface area contributed by atoms with E-state index in [1.807, 2.05) is 12.1 Å². The first-order valence-electron chi connectivity index (χ1n) is 14.8. The summed E-state index contributed by atoms with van der Waals surface area (Å²) in [6.07, 6.45) is 2.68. The lowest BCUT2D eigenvalue weighted by atomic mass is 10.0. The Bertz CT molecular complexity index is 1200. The summed E-state index contributed by atoms with van der Waals surface area (Å²) in [5.74, 6) is 0.856. The molecule has 6 rings (SSSR count). The minimum Gasteiger partial charge on any atom is -0.508 e. The number of ether oxygens (including phenoxy) is 3. The van der Waals surface area contributed by atoms with Crippen LogP contribution >= 0.6 is 0 Å². The van der Waals surface area contributed by atoms with E-state index in [1.54, 1.807) is 18.2 Å². The van der Waals surface area contributed by atoms with E-state index in [-0.39, 0.29) is 30.5 Å². The molecule has 41 heavy (non-hydrogen) atoms. The van der Waals surface area contributed by atoms with Crippen molar-refractivity contribution >= 4 is 5.69 Å². The maximum absolute atomic E-state index is 13.7. The van der Waals surface area contributed by atoms with E-state index in [2.05, 4.69) is 15.1 Å². The van der Waals surface area contributed by atoms with E-state index in [1.165, 1.54) is 6.07 Å². The number of alkyl halides is 3. The predicted molar refractivity (Wildman–Crippen MR) is 147 cm³/mol. The molecule has 0 aliphatic carbocycles. The summed E-state index contributed by atoms with van der Waals surface area (Å²) in [5, 5.41) is 13.5. The first-order chi connectivity index (χ1) is 19.9. The van der Waals surface area contributed by atoms with Crippen molar-refractivity contribution in [2.24, 2.45) is 0 Å². The van der Waals surface area contributed by atoms with Crippen LogP contribution in [-0.4, -0.2) is 53.3 Å². The van der Waals surface area contributed by atoms with Crippen LogP contribution in [0.3, 0.4) is 0 Å². The third-order valence-electron chi connectivity index (χ3n) is 8.37. The van der Waals surface area contributed by atoms with Gasteiger partial charge in [0.25, 0.3) is 0 Å². The average molecular weight is 574 g/mol. The maximum atomic E-state index is 13.7. The van der Waals surface area contributed by atoms with Crippen LogP contribution in [0.4, 0.5) is 18.9 Å². The quantitative estimate of drug-likeness (QED) is 0.389. The van der Waals surface area contributed by atoms with Crippen molar-refractivity contribution in [2.75, 3.05) is 25.1 Å². The van der Waals surface area contributed by atoms with Gasteiger partial charge < -0.3 is 34.4 Å². The number of hydrogen-bond acceptors (Lipinski definition) is 7. The van der Waals surface area contributed by atoms with E-state index >= 15 is 0 Å². The Morgan fingerprint density at radius 3 is 1.98 bits per heavy atom. The van der Waals surface area contributed by atoms with Gasteiger partial charge in [-0.1, -0.05) is 18.2 Å². The van der Waals surface area contributed by atoms with Crippen LogP contribution in [0.25, 0.3) is 0 Å².